The van der Waals surface area contributed by atoms with Crippen molar-refractivity contribution in [2.24, 2.45) is 0 Å². The van der Waals surface area contributed by atoms with Crippen molar-refractivity contribution in [1.82, 2.24) is 10.2 Å². The second kappa shape index (κ2) is 7.15. The predicted molar refractivity (Wildman–Crippen MR) is 92.7 cm³/mol. The number of rotatable bonds is 5. The molecule has 0 fully saturated rings. The molecular weight excluding hydrogens is 306 g/mol. The van der Waals surface area contributed by atoms with E-state index in [9.17, 15) is 4.79 Å². The minimum Gasteiger partial charge on any atom is -0.301 e. The quantitative estimate of drug-likeness (QED) is 0.770. The van der Waals surface area contributed by atoms with Crippen molar-refractivity contribution in [3.8, 4) is 0 Å². The summed E-state index contributed by atoms with van der Waals surface area (Å²) in [5.41, 5.74) is 2.31. The molecule has 3 rings (SSSR count). The third-order valence-corrected chi connectivity index (χ3v) is 4.42. The zero-order valence-corrected chi connectivity index (χ0v) is 13.6. The van der Waals surface area contributed by atoms with E-state index in [1.807, 2.05) is 43.3 Å². The number of nitrogens with zero attached hydrogens (tertiary/aromatic N) is 2. The largest absolute Gasteiger partial charge is 0.301 e. The highest BCUT2D eigenvalue weighted by molar-refractivity contribution is 7.15. The molecule has 0 spiro atoms. The van der Waals surface area contributed by atoms with Gasteiger partial charge in [0.2, 0.25) is 11.0 Å². The lowest BCUT2D eigenvalue weighted by atomic mass is 9.92. The van der Waals surface area contributed by atoms with Crippen LogP contribution in [0.1, 0.15) is 35.4 Å². The monoisotopic (exact) mass is 323 g/mol. The summed E-state index contributed by atoms with van der Waals surface area (Å²) in [6, 6.07) is 20.4. The molecule has 0 unspecified atom stereocenters. The Bertz CT molecular complexity index is 732. The summed E-state index contributed by atoms with van der Waals surface area (Å²) in [4.78, 5) is 11.5. The van der Waals surface area contributed by atoms with E-state index in [2.05, 4.69) is 39.8 Å². The van der Waals surface area contributed by atoms with Crippen molar-refractivity contribution < 1.29 is 4.79 Å². The Balaban J connectivity index is 1.98. The van der Waals surface area contributed by atoms with Gasteiger partial charge in [-0.15, -0.1) is 10.2 Å². The van der Waals surface area contributed by atoms with E-state index in [4.69, 9.17) is 0 Å². The van der Waals surface area contributed by atoms with Crippen molar-refractivity contribution in [2.75, 3.05) is 5.32 Å². The zero-order chi connectivity index (χ0) is 16.1. The number of anilines is 1. The molecule has 0 aliphatic carbocycles. The molecule has 1 N–H and O–H groups in total. The molecule has 0 saturated carbocycles. The van der Waals surface area contributed by atoms with E-state index in [-0.39, 0.29) is 11.8 Å². The van der Waals surface area contributed by atoms with Crippen LogP contribution in [0, 0.1) is 0 Å². The fourth-order valence-corrected chi connectivity index (χ4v) is 3.29. The van der Waals surface area contributed by atoms with Gasteiger partial charge in [0.25, 0.3) is 0 Å². The first-order valence-electron chi connectivity index (χ1n) is 7.51. The Morgan fingerprint density at radius 1 is 1.00 bits per heavy atom. The lowest BCUT2D eigenvalue weighted by molar-refractivity contribution is -0.115. The summed E-state index contributed by atoms with van der Waals surface area (Å²) in [5, 5.41) is 12.6. The van der Waals surface area contributed by atoms with Crippen molar-refractivity contribution >= 4 is 22.4 Å². The minimum atomic E-state index is -0.0522. The molecular formula is C18H17N3OS. The predicted octanol–water partition coefficient (Wildman–Crippen LogP) is 4.07. The van der Waals surface area contributed by atoms with Crippen molar-refractivity contribution in [3.05, 3.63) is 76.8 Å². The third-order valence-electron chi connectivity index (χ3n) is 3.52. The standard InChI is InChI=1S/C18H17N3OS/c1-2-15(22)19-18-21-20-17(23-18)16(13-9-5-3-6-10-13)14-11-7-4-8-12-14/h3-12,16H,2H2,1H3,(H,19,21,22). The summed E-state index contributed by atoms with van der Waals surface area (Å²) in [6.45, 7) is 1.81. The first kappa shape index (κ1) is 15.4. The highest BCUT2D eigenvalue weighted by Gasteiger charge is 2.21. The van der Waals surface area contributed by atoms with Gasteiger partial charge in [-0.2, -0.15) is 0 Å². The first-order chi connectivity index (χ1) is 11.3. The van der Waals surface area contributed by atoms with Gasteiger partial charge >= 0.3 is 0 Å². The van der Waals surface area contributed by atoms with E-state index in [0.29, 0.717) is 11.6 Å². The number of carbonyl (C=O) groups excluding carboxylic acids is 1. The minimum absolute atomic E-state index is 0.0159. The van der Waals surface area contributed by atoms with Crippen molar-refractivity contribution in [2.45, 2.75) is 19.3 Å². The summed E-state index contributed by atoms with van der Waals surface area (Å²) < 4.78 is 0. The van der Waals surface area contributed by atoms with Gasteiger partial charge in [0.15, 0.2) is 0 Å². The molecule has 0 bridgehead atoms. The Kier molecular flexibility index (Phi) is 4.78. The van der Waals surface area contributed by atoms with Gasteiger partial charge in [0.05, 0.1) is 5.92 Å². The molecule has 3 aromatic rings. The number of nitrogens with one attached hydrogen (secondary N) is 1. The lowest BCUT2D eigenvalue weighted by Gasteiger charge is -2.14. The molecule has 1 amide bonds. The maximum absolute atomic E-state index is 11.5. The summed E-state index contributed by atoms with van der Waals surface area (Å²) in [6.07, 6.45) is 0.426. The van der Waals surface area contributed by atoms with Crippen LogP contribution in [0.4, 0.5) is 5.13 Å². The summed E-state index contributed by atoms with van der Waals surface area (Å²) in [7, 11) is 0. The average Bonchev–Trinajstić information content (AvgIpc) is 3.05. The van der Waals surface area contributed by atoms with Gasteiger partial charge in [0.1, 0.15) is 5.01 Å². The Morgan fingerprint density at radius 2 is 1.57 bits per heavy atom. The fraction of sp³-hybridized carbons (Fsp3) is 0.167. The van der Waals surface area contributed by atoms with Crippen LogP contribution < -0.4 is 5.32 Å². The molecule has 1 aromatic heterocycles. The second-order valence-electron chi connectivity index (χ2n) is 5.10. The highest BCUT2D eigenvalue weighted by atomic mass is 32.1. The Hall–Kier alpha value is -2.53. The molecule has 0 radical (unpaired) electrons. The first-order valence-corrected chi connectivity index (χ1v) is 8.32. The van der Waals surface area contributed by atoms with Crippen LogP contribution in [0.2, 0.25) is 0 Å². The third kappa shape index (κ3) is 3.63. The molecule has 1 heterocycles. The van der Waals surface area contributed by atoms with Crippen LogP contribution in [0.5, 0.6) is 0 Å². The van der Waals surface area contributed by atoms with Crippen LogP contribution in [0.3, 0.4) is 0 Å². The molecule has 0 atom stereocenters. The normalized spacial score (nSPS) is 10.7. The van der Waals surface area contributed by atoms with Crippen molar-refractivity contribution in [3.63, 3.8) is 0 Å². The number of carbonyl (C=O) groups is 1. The van der Waals surface area contributed by atoms with E-state index >= 15 is 0 Å². The number of aromatic nitrogens is 2. The smallest absolute Gasteiger partial charge is 0.225 e. The lowest BCUT2D eigenvalue weighted by Crippen LogP contribution is -2.08. The molecule has 4 nitrogen and oxygen atoms in total. The van der Waals surface area contributed by atoms with Gasteiger partial charge in [-0.05, 0) is 11.1 Å². The molecule has 116 valence electrons. The summed E-state index contributed by atoms with van der Waals surface area (Å²) in [5.74, 6) is -0.0362. The SMILES string of the molecule is CCC(=O)Nc1nnc(C(c2ccccc2)c2ccccc2)s1. The van der Waals surface area contributed by atoms with Crippen LogP contribution in [0.25, 0.3) is 0 Å². The van der Waals surface area contributed by atoms with Gasteiger partial charge in [0, 0.05) is 6.42 Å². The van der Waals surface area contributed by atoms with Gasteiger partial charge in [-0.1, -0.05) is 78.9 Å². The van der Waals surface area contributed by atoms with Crippen molar-refractivity contribution in [1.29, 1.82) is 0 Å². The molecule has 0 aliphatic rings. The van der Waals surface area contributed by atoms with Crippen LogP contribution >= 0.6 is 11.3 Å². The topological polar surface area (TPSA) is 54.9 Å². The van der Waals surface area contributed by atoms with E-state index in [1.165, 1.54) is 11.3 Å². The van der Waals surface area contributed by atoms with E-state index in [1.54, 1.807) is 0 Å². The number of benzene rings is 2. The van der Waals surface area contributed by atoms with Gasteiger partial charge < -0.3 is 5.32 Å². The molecule has 0 aliphatic heterocycles. The fourth-order valence-electron chi connectivity index (χ4n) is 2.38. The highest BCUT2D eigenvalue weighted by Crippen LogP contribution is 2.34. The number of amides is 1. The maximum atomic E-state index is 11.5. The number of hydrogen-bond acceptors (Lipinski definition) is 4. The Labute approximate surface area is 139 Å². The number of hydrogen-bond donors (Lipinski definition) is 1. The zero-order valence-electron chi connectivity index (χ0n) is 12.8. The second-order valence-corrected chi connectivity index (χ2v) is 6.11. The average molecular weight is 323 g/mol. The molecule has 5 heteroatoms. The van der Waals surface area contributed by atoms with Crippen LogP contribution in [0.15, 0.2) is 60.7 Å². The summed E-state index contributed by atoms with van der Waals surface area (Å²) >= 11 is 1.42. The molecule has 0 saturated heterocycles. The van der Waals surface area contributed by atoms with Gasteiger partial charge in [-0.25, -0.2) is 0 Å². The van der Waals surface area contributed by atoms with Gasteiger partial charge in [-0.3, -0.25) is 4.79 Å². The molecule has 2 aromatic carbocycles. The molecule has 23 heavy (non-hydrogen) atoms. The van der Waals surface area contributed by atoms with Crippen LogP contribution in [-0.4, -0.2) is 16.1 Å². The Morgan fingerprint density at radius 3 is 2.09 bits per heavy atom. The maximum Gasteiger partial charge on any atom is 0.225 e. The van der Waals surface area contributed by atoms with Crippen LogP contribution in [-0.2, 0) is 4.79 Å². The van der Waals surface area contributed by atoms with E-state index < -0.39 is 0 Å². The van der Waals surface area contributed by atoms with E-state index in [0.717, 1.165) is 16.1 Å².